The Labute approximate surface area is 87.8 Å². The zero-order valence-electron chi connectivity index (χ0n) is 8.71. The van der Waals surface area contributed by atoms with E-state index in [4.69, 9.17) is 5.11 Å². The zero-order chi connectivity index (χ0) is 11.5. The molecule has 0 aromatic rings. The largest absolute Gasteiger partial charge is 0.480 e. The molecule has 0 aromatic heterocycles. The summed E-state index contributed by atoms with van der Waals surface area (Å²) in [7, 11) is 0. The number of nitrogens with one attached hydrogen (secondary N) is 1. The molecule has 0 saturated heterocycles. The van der Waals surface area contributed by atoms with Gasteiger partial charge >= 0.3 is 5.97 Å². The number of carbonyl (C=O) groups is 3. The van der Waals surface area contributed by atoms with Gasteiger partial charge in [-0.25, -0.2) is 4.79 Å². The van der Waals surface area contributed by atoms with E-state index < -0.39 is 17.4 Å². The molecule has 1 fully saturated rings. The lowest BCUT2D eigenvalue weighted by molar-refractivity contribution is -0.147. The molecule has 0 aromatic carbocycles. The van der Waals surface area contributed by atoms with E-state index in [1.807, 2.05) is 0 Å². The average Bonchev–Trinajstić information content (AvgIpc) is 2.52. The Hall–Kier alpha value is -1.39. The summed E-state index contributed by atoms with van der Waals surface area (Å²) >= 11 is 0. The van der Waals surface area contributed by atoms with Crippen LogP contribution in [0.4, 0.5) is 0 Å². The summed E-state index contributed by atoms with van der Waals surface area (Å²) in [5.41, 5.74) is -1.13. The Morgan fingerprint density at radius 3 is 2.20 bits per heavy atom. The predicted octanol–water partition coefficient (Wildman–Crippen LogP) is 0.479. The van der Waals surface area contributed by atoms with Crippen LogP contribution in [-0.4, -0.2) is 28.3 Å². The second-order valence-electron chi connectivity index (χ2n) is 4.02. The second kappa shape index (κ2) is 4.42. The van der Waals surface area contributed by atoms with Gasteiger partial charge in [0.05, 0.1) is 6.42 Å². The number of Topliss-reactive ketones (excluding diaryl/α,β-unsaturated/α-hetero) is 1. The van der Waals surface area contributed by atoms with Crippen molar-refractivity contribution in [2.45, 2.75) is 44.6 Å². The second-order valence-corrected chi connectivity index (χ2v) is 4.02. The van der Waals surface area contributed by atoms with Crippen LogP contribution >= 0.6 is 0 Å². The van der Waals surface area contributed by atoms with Gasteiger partial charge in [-0.3, -0.25) is 9.59 Å². The van der Waals surface area contributed by atoms with Crippen LogP contribution in [0, 0.1) is 0 Å². The molecule has 0 atom stereocenters. The fourth-order valence-corrected chi connectivity index (χ4v) is 1.91. The zero-order valence-corrected chi connectivity index (χ0v) is 8.71. The van der Waals surface area contributed by atoms with E-state index in [1.165, 1.54) is 6.92 Å². The Balaban J connectivity index is 2.63. The van der Waals surface area contributed by atoms with Crippen molar-refractivity contribution in [2.24, 2.45) is 0 Å². The highest BCUT2D eigenvalue weighted by Crippen LogP contribution is 2.29. The molecule has 5 heteroatoms. The molecule has 0 spiro atoms. The third-order valence-electron chi connectivity index (χ3n) is 2.65. The van der Waals surface area contributed by atoms with Crippen molar-refractivity contribution in [3.63, 3.8) is 0 Å². The molecule has 1 aliphatic carbocycles. The third-order valence-corrected chi connectivity index (χ3v) is 2.65. The van der Waals surface area contributed by atoms with E-state index in [0.29, 0.717) is 12.8 Å². The summed E-state index contributed by atoms with van der Waals surface area (Å²) in [6.45, 7) is 1.31. The summed E-state index contributed by atoms with van der Waals surface area (Å²) in [6, 6.07) is 0. The maximum absolute atomic E-state index is 11.3. The standard InChI is InChI=1S/C10H15NO4/c1-7(12)6-8(13)11-10(9(14)15)4-2-3-5-10/h2-6H2,1H3,(H,11,13)(H,14,15). The molecule has 2 N–H and O–H groups in total. The highest BCUT2D eigenvalue weighted by Gasteiger charge is 2.42. The summed E-state index contributed by atoms with van der Waals surface area (Å²) in [6.07, 6.45) is 2.26. The Kier molecular flexibility index (Phi) is 3.44. The minimum atomic E-state index is -1.13. The molecule has 84 valence electrons. The molecule has 1 aliphatic rings. The number of carbonyl (C=O) groups excluding carboxylic acids is 2. The summed E-state index contributed by atoms with van der Waals surface area (Å²) in [5, 5.41) is 11.5. The number of carboxylic acid groups (broad SMARTS) is 1. The maximum Gasteiger partial charge on any atom is 0.329 e. The lowest BCUT2D eigenvalue weighted by Gasteiger charge is -2.24. The first-order chi connectivity index (χ1) is 6.96. The number of hydrogen-bond donors (Lipinski definition) is 2. The molecule has 1 amide bonds. The van der Waals surface area contributed by atoms with Crippen molar-refractivity contribution in [1.82, 2.24) is 5.32 Å². The van der Waals surface area contributed by atoms with E-state index in [0.717, 1.165) is 12.8 Å². The van der Waals surface area contributed by atoms with Gasteiger partial charge in [0.15, 0.2) is 0 Å². The van der Waals surface area contributed by atoms with Gasteiger partial charge in [0.2, 0.25) is 5.91 Å². The molecule has 0 radical (unpaired) electrons. The summed E-state index contributed by atoms with van der Waals surface area (Å²) in [5.74, 6) is -1.75. The molecule has 1 rings (SSSR count). The fourth-order valence-electron chi connectivity index (χ4n) is 1.91. The van der Waals surface area contributed by atoms with Crippen molar-refractivity contribution in [2.75, 3.05) is 0 Å². The average molecular weight is 213 g/mol. The van der Waals surface area contributed by atoms with Crippen LogP contribution in [0.25, 0.3) is 0 Å². The van der Waals surface area contributed by atoms with Crippen molar-refractivity contribution in [3.8, 4) is 0 Å². The van der Waals surface area contributed by atoms with Gasteiger partial charge in [0.1, 0.15) is 11.3 Å². The topological polar surface area (TPSA) is 83.5 Å². The first-order valence-electron chi connectivity index (χ1n) is 5.00. The first-order valence-corrected chi connectivity index (χ1v) is 5.00. The molecule has 1 saturated carbocycles. The van der Waals surface area contributed by atoms with E-state index in [1.54, 1.807) is 0 Å². The number of ketones is 1. The normalized spacial score (nSPS) is 18.5. The van der Waals surface area contributed by atoms with Gasteiger partial charge in [-0.05, 0) is 19.8 Å². The van der Waals surface area contributed by atoms with Gasteiger partial charge in [-0.15, -0.1) is 0 Å². The van der Waals surface area contributed by atoms with Gasteiger partial charge in [-0.1, -0.05) is 12.8 Å². The van der Waals surface area contributed by atoms with Crippen LogP contribution < -0.4 is 5.32 Å². The van der Waals surface area contributed by atoms with Crippen LogP contribution in [0.2, 0.25) is 0 Å². The number of hydrogen-bond acceptors (Lipinski definition) is 3. The van der Waals surface area contributed by atoms with E-state index in [9.17, 15) is 14.4 Å². The van der Waals surface area contributed by atoms with Crippen molar-refractivity contribution < 1.29 is 19.5 Å². The smallest absolute Gasteiger partial charge is 0.329 e. The fraction of sp³-hybridized carbons (Fsp3) is 0.700. The minimum absolute atomic E-state index is 0.241. The van der Waals surface area contributed by atoms with Crippen LogP contribution in [-0.2, 0) is 14.4 Å². The highest BCUT2D eigenvalue weighted by molar-refractivity contribution is 5.99. The molecule has 0 aliphatic heterocycles. The van der Waals surface area contributed by atoms with Gasteiger partial charge < -0.3 is 10.4 Å². The Morgan fingerprint density at radius 1 is 1.27 bits per heavy atom. The lowest BCUT2D eigenvalue weighted by atomic mass is 9.97. The van der Waals surface area contributed by atoms with Crippen LogP contribution in [0.3, 0.4) is 0 Å². The van der Waals surface area contributed by atoms with Crippen molar-refractivity contribution in [3.05, 3.63) is 0 Å². The van der Waals surface area contributed by atoms with Crippen molar-refractivity contribution in [1.29, 1.82) is 0 Å². The molecule has 0 heterocycles. The molecule has 15 heavy (non-hydrogen) atoms. The number of carboxylic acids is 1. The summed E-state index contributed by atoms with van der Waals surface area (Å²) < 4.78 is 0. The first kappa shape index (κ1) is 11.7. The predicted molar refractivity (Wildman–Crippen MR) is 52.3 cm³/mol. The molecular formula is C10H15NO4. The number of aliphatic carboxylic acids is 1. The van der Waals surface area contributed by atoms with Gasteiger partial charge in [0.25, 0.3) is 0 Å². The van der Waals surface area contributed by atoms with Crippen LogP contribution in [0.15, 0.2) is 0 Å². The monoisotopic (exact) mass is 213 g/mol. The van der Waals surface area contributed by atoms with Gasteiger partial charge in [0, 0.05) is 0 Å². The van der Waals surface area contributed by atoms with Crippen molar-refractivity contribution >= 4 is 17.7 Å². The Bertz CT molecular complexity index is 292. The number of amides is 1. The highest BCUT2D eigenvalue weighted by atomic mass is 16.4. The molecule has 0 bridgehead atoms. The minimum Gasteiger partial charge on any atom is -0.480 e. The van der Waals surface area contributed by atoms with Crippen LogP contribution in [0.5, 0.6) is 0 Å². The lowest BCUT2D eigenvalue weighted by Crippen LogP contribution is -2.52. The van der Waals surface area contributed by atoms with E-state index in [2.05, 4.69) is 5.32 Å². The SMILES string of the molecule is CC(=O)CC(=O)NC1(C(=O)O)CCCC1. The molecule has 5 nitrogen and oxygen atoms in total. The quantitative estimate of drug-likeness (QED) is 0.665. The molecular weight excluding hydrogens is 198 g/mol. The van der Waals surface area contributed by atoms with E-state index >= 15 is 0 Å². The third kappa shape index (κ3) is 2.78. The van der Waals surface area contributed by atoms with Gasteiger partial charge in [-0.2, -0.15) is 0 Å². The molecule has 0 unspecified atom stereocenters. The maximum atomic E-state index is 11.3. The van der Waals surface area contributed by atoms with Crippen LogP contribution in [0.1, 0.15) is 39.0 Å². The number of rotatable bonds is 4. The summed E-state index contributed by atoms with van der Waals surface area (Å²) in [4.78, 5) is 33.1. The van der Waals surface area contributed by atoms with E-state index in [-0.39, 0.29) is 12.2 Å². The Morgan fingerprint density at radius 2 is 1.80 bits per heavy atom.